The fourth-order valence-electron chi connectivity index (χ4n) is 3.13. The van der Waals surface area contributed by atoms with E-state index in [0.29, 0.717) is 26.1 Å². The van der Waals surface area contributed by atoms with Crippen LogP contribution in [0.3, 0.4) is 0 Å². The van der Waals surface area contributed by atoms with Crippen molar-refractivity contribution < 1.29 is 24.3 Å². The zero-order chi connectivity index (χ0) is 18.0. The number of rotatable bonds is 6. The molecule has 0 bridgehead atoms. The highest BCUT2D eigenvalue weighted by atomic mass is 32.1. The van der Waals surface area contributed by atoms with E-state index in [2.05, 4.69) is 0 Å². The maximum absolute atomic E-state index is 12.6. The van der Waals surface area contributed by atoms with Gasteiger partial charge in [-0.2, -0.15) is 0 Å². The van der Waals surface area contributed by atoms with Gasteiger partial charge in [-0.05, 0) is 17.9 Å². The molecule has 0 aromatic carbocycles. The third-order valence-corrected chi connectivity index (χ3v) is 5.41. The standard InChI is InChI=1S/C16H19N3O5S/c20-13(3-4-14(21)22)17-7-8-18-12(10-17)15(23)19(16(18)24)6-5-11-2-1-9-25-11/h1-2,9,12H,3-8,10H2,(H,21,22)/t12-/m1/s1. The van der Waals surface area contributed by atoms with Gasteiger partial charge in [-0.25, -0.2) is 4.79 Å². The highest BCUT2D eigenvalue weighted by molar-refractivity contribution is 7.09. The zero-order valence-electron chi connectivity index (χ0n) is 13.6. The molecule has 1 aromatic heterocycles. The molecule has 1 atom stereocenters. The summed E-state index contributed by atoms with van der Waals surface area (Å²) in [5, 5.41) is 10.6. The second-order valence-corrected chi connectivity index (χ2v) is 7.08. The van der Waals surface area contributed by atoms with Crippen molar-refractivity contribution in [2.75, 3.05) is 26.2 Å². The second-order valence-electron chi connectivity index (χ2n) is 6.04. The molecular weight excluding hydrogens is 346 g/mol. The molecule has 9 heteroatoms. The first-order chi connectivity index (χ1) is 12.0. The summed E-state index contributed by atoms with van der Waals surface area (Å²) >= 11 is 1.58. The molecule has 0 aliphatic carbocycles. The van der Waals surface area contributed by atoms with Gasteiger partial charge in [0.2, 0.25) is 5.91 Å². The average Bonchev–Trinajstić information content (AvgIpc) is 3.19. The lowest BCUT2D eigenvalue weighted by molar-refractivity contribution is -0.142. The van der Waals surface area contributed by atoms with Crippen molar-refractivity contribution in [2.45, 2.75) is 25.3 Å². The van der Waals surface area contributed by atoms with Crippen molar-refractivity contribution in [3.8, 4) is 0 Å². The van der Waals surface area contributed by atoms with Crippen LogP contribution >= 0.6 is 11.3 Å². The van der Waals surface area contributed by atoms with E-state index in [4.69, 9.17) is 5.11 Å². The van der Waals surface area contributed by atoms with E-state index in [1.165, 1.54) is 14.7 Å². The quantitative estimate of drug-likeness (QED) is 0.746. The summed E-state index contributed by atoms with van der Waals surface area (Å²) in [5.41, 5.74) is 0. The molecule has 134 valence electrons. The molecule has 8 nitrogen and oxygen atoms in total. The van der Waals surface area contributed by atoms with E-state index in [1.54, 1.807) is 11.3 Å². The molecule has 0 unspecified atom stereocenters. The van der Waals surface area contributed by atoms with E-state index < -0.39 is 12.0 Å². The van der Waals surface area contributed by atoms with Crippen LogP contribution in [0.25, 0.3) is 0 Å². The Kier molecular flexibility index (Phi) is 5.03. The number of piperazine rings is 1. The van der Waals surface area contributed by atoms with Crippen LogP contribution in [-0.2, 0) is 20.8 Å². The van der Waals surface area contributed by atoms with Crippen LogP contribution in [-0.4, -0.2) is 75.8 Å². The Morgan fingerprint density at radius 1 is 1.24 bits per heavy atom. The van der Waals surface area contributed by atoms with Gasteiger partial charge in [0.05, 0.1) is 13.0 Å². The SMILES string of the molecule is O=C(O)CCC(=O)N1CCN2C(=O)N(CCc3cccs3)C(=O)[C@H]2C1. The predicted molar refractivity (Wildman–Crippen MR) is 89.1 cm³/mol. The molecule has 2 saturated heterocycles. The van der Waals surface area contributed by atoms with Crippen LogP contribution in [0, 0.1) is 0 Å². The number of fused-ring (bicyclic) bond motifs is 1. The normalized spacial score (nSPS) is 20.2. The molecule has 3 rings (SSSR count). The highest BCUT2D eigenvalue weighted by Gasteiger charge is 2.47. The minimum Gasteiger partial charge on any atom is -0.481 e. The molecule has 2 aliphatic heterocycles. The Morgan fingerprint density at radius 3 is 2.72 bits per heavy atom. The van der Waals surface area contributed by atoms with E-state index >= 15 is 0 Å². The first-order valence-corrected chi connectivity index (χ1v) is 8.99. The van der Waals surface area contributed by atoms with E-state index in [9.17, 15) is 19.2 Å². The third kappa shape index (κ3) is 3.65. The summed E-state index contributed by atoms with van der Waals surface area (Å²) in [5.74, 6) is -1.60. The monoisotopic (exact) mass is 365 g/mol. The van der Waals surface area contributed by atoms with Crippen LogP contribution in [0.5, 0.6) is 0 Å². The fourth-order valence-corrected chi connectivity index (χ4v) is 3.83. The fraction of sp³-hybridized carbons (Fsp3) is 0.500. The van der Waals surface area contributed by atoms with Gasteiger partial charge in [-0.3, -0.25) is 19.3 Å². The average molecular weight is 365 g/mol. The van der Waals surface area contributed by atoms with Gasteiger partial charge in [0.1, 0.15) is 6.04 Å². The number of urea groups is 1. The lowest BCUT2D eigenvalue weighted by Crippen LogP contribution is -2.54. The summed E-state index contributed by atoms with van der Waals surface area (Å²) < 4.78 is 0. The molecule has 0 spiro atoms. The van der Waals surface area contributed by atoms with Gasteiger partial charge in [0, 0.05) is 30.9 Å². The number of amides is 4. The van der Waals surface area contributed by atoms with Crippen molar-refractivity contribution in [3.05, 3.63) is 22.4 Å². The Morgan fingerprint density at radius 2 is 2.04 bits per heavy atom. The number of thiophene rings is 1. The number of carbonyl (C=O) groups excluding carboxylic acids is 3. The van der Waals surface area contributed by atoms with Crippen LogP contribution in [0.15, 0.2) is 17.5 Å². The van der Waals surface area contributed by atoms with E-state index in [1.807, 2.05) is 17.5 Å². The first-order valence-electron chi connectivity index (χ1n) is 8.11. The number of imide groups is 1. The Bertz CT molecular complexity index is 690. The molecule has 0 saturated carbocycles. The van der Waals surface area contributed by atoms with Crippen LogP contribution in [0.4, 0.5) is 4.79 Å². The molecule has 2 aliphatic rings. The number of hydrogen-bond acceptors (Lipinski definition) is 5. The van der Waals surface area contributed by atoms with Gasteiger partial charge in [0.15, 0.2) is 0 Å². The molecule has 0 radical (unpaired) electrons. The number of carboxylic acid groups (broad SMARTS) is 1. The summed E-state index contributed by atoms with van der Waals surface area (Å²) in [4.78, 5) is 53.1. The summed E-state index contributed by atoms with van der Waals surface area (Å²) in [7, 11) is 0. The van der Waals surface area contributed by atoms with Crippen LogP contribution in [0.2, 0.25) is 0 Å². The largest absolute Gasteiger partial charge is 0.481 e. The minimum absolute atomic E-state index is 0.0910. The summed E-state index contributed by atoms with van der Waals surface area (Å²) in [6, 6.07) is 2.94. The van der Waals surface area contributed by atoms with Gasteiger partial charge >= 0.3 is 12.0 Å². The zero-order valence-corrected chi connectivity index (χ0v) is 14.4. The van der Waals surface area contributed by atoms with E-state index in [0.717, 1.165) is 4.88 Å². The number of carboxylic acids is 1. The third-order valence-electron chi connectivity index (χ3n) is 4.48. The molecule has 3 heterocycles. The highest BCUT2D eigenvalue weighted by Crippen LogP contribution is 2.23. The number of aliphatic carboxylic acids is 1. The lowest BCUT2D eigenvalue weighted by Gasteiger charge is -2.35. The summed E-state index contributed by atoms with van der Waals surface area (Å²) in [6.45, 7) is 1.09. The Hall–Kier alpha value is -2.42. The molecular formula is C16H19N3O5S. The van der Waals surface area contributed by atoms with Crippen molar-refractivity contribution in [2.24, 2.45) is 0 Å². The minimum atomic E-state index is -1.03. The van der Waals surface area contributed by atoms with Gasteiger partial charge in [-0.1, -0.05) is 6.07 Å². The van der Waals surface area contributed by atoms with Crippen molar-refractivity contribution >= 4 is 35.2 Å². The van der Waals surface area contributed by atoms with Gasteiger partial charge in [-0.15, -0.1) is 11.3 Å². The van der Waals surface area contributed by atoms with Crippen molar-refractivity contribution in [1.29, 1.82) is 0 Å². The van der Waals surface area contributed by atoms with E-state index in [-0.39, 0.29) is 37.2 Å². The lowest BCUT2D eigenvalue weighted by atomic mass is 10.1. The van der Waals surface area contributed by atoms with Crippen molar-refractivity contribution in [3.63, 3.8) is 0 Å². The predicted octanol–water partition coefficient (Wildman–Crippen LogP) is 0.630. The van der Waals surface area contributed by atoms with Crippen LogP contribution < -0.4 is 0 Å². The molecule has 25 heavy (non-hydrogen) atoms. The smallest absolute Gasteiger partial charge is 0.327 e. The first kappa shape index (κ1) is 17.4. The van der Waals surface area contributed by atoms with Crippen LogP contribution in [0.1, 0.15) is 17.7 Å². The molecule has 4 amide bonds. The van der Waals surface area contributed by atoms with Crippen molar-refractivity contribution in [1.82, 2.24) is 14.7 Å². The van der Waals surface area contributed by atoms with Gasteiger partial charge < -0.3 is 14.9 Å². The van der Waals surface area contributed by atoms with Gasteiger partial charge in [0.25, 0.3) is 5.91 Å². The maximum atomic E-state index is 12.6. The Balaban J connectivity index is 1.60. The second kappa shape index (κ2) is 7.22. The molecule has 2 fully saturated rings. The Labute approximate surface area is 148 Å². The number of nitrogens with zero attached hydrogens (tertiary/aromatic N) is 3. The number of hydrogen-bond donors (Lipinski definition) is 1. The molecule has 1 aromatic rings. The molecule has 1 N–H and O–H groups in total. The maximum Gasteiger partial charge on any atom is 0.327 e. The summed E-state index contributed by atoms with van der Waals surface area (Å²) in [6.07, 6.45) is 0.298. The number of carbonyl (C=O) groups is 4. The topological polar surface area (TPSA) is 98.2 Å².